The smallest absolute Gasteiger partial charge is 0.393 e. The summed E-state index contributed by atoms with van der Waals surface area (Å²) >= 11 is 0. The van der Waals surface area contributed by atoms with E-state index in [1.165, 1.54) is 11.8 Å². The van der Waals surface area contributed by atoms with Gasteiger partial charge in [-0.05, 0) is 39.5 Å². The second-order valence-electron chi connectivity index (χ2n) is 6.38. The lowest BCUT2D eigenvalue weighted by molar-refractivity contribution is -0.143. The summed E-state index contributed by atoms with van der Waals surface area (Å²) in [6, 6.07) is 0. The van der Waals surface area contributed by atoms with Crippen LogP contribution < -0.4 is 0 Å². The summed E-state index contributed by atoms with van der Waals surface area (Å²) in [5.74, 6) is -0.612. The quantitative estimate of drug-likeness (QED) is 0.908. The lowest BCUT2D eigenvalue weighted by atomic mass is 9.84. The van der Waals surface area contributed by atoms with Crippen LogP contribution in [-0.2, 0) is 23.8 Å². The van der Waals surface area contributed by atoms with E-state index in [-0.39, 0.29) is 23.7 Å². The van der Waals surface area contributed by atoms with Crippen LogP contribution in [0.1, 0.15) is 42.5 Å². The third-order valence-electron chi connectivity index (χ3n) is 4.26. The van der Waals surface area contributed by atoms with Gasteiger partial charge < -0.3 is 10.0 Å². The SMILES string of the molecule is Cc1nc2c(c(C(F)(F)F)n1)CC(C(=O)N(C)CCC(C)O)CC2. The maximum Gasteiger partial charge on any atom is 0.433 e. The number of aromatic nitrogens is 2. The lowest BCUT2D eigenvalue weighted by Crippen LogP contribution is -2.38. The van der Waals surface area contributed by atoms with Gasteiger partial charge in [-0.2, -0.15) is 13.2 Å². The first kappa shape index (κ1) is 18.6. The molecule has 0 fully saturated rings. The highest BCUT2D eigenvalue weighted by atomic mass is 19.4. The molecule has 0 spiro atoms. The van der Waals surface area contributed by atoms with Gasteiger partial charge in [0.1, 0.15) is 5.82 Å². The number of carbonyl (C=O) groups is 1. The van der Waals surface area contributed by atoms with Crippen LogP contribution in [-0.4, -0.2) is 45.6 Å². The maximum atomic E-state index is 13.2. The van der Waals surface area contributed by atoms with Gasteiger partial charge in [-0.1, -0.05) is 0 Å². The van der Waals surface area contributed by atoms with Crippen molar-refractivity contribution >= 4 is 5.91 Å². The highest BCUT2D eigenvalue weighted by Crippen LogP contribution is 2.36. The topological polar surface area (TPSA) is 66.3 Å². The van der Waals surface area contributed by atoms with Crippen LogP contribution in [0.5, 0.6) is 0 Å². The summed E-state index contributed by atoms with van der Waals surface area (Å²) in [5.41, 5.74) is -0.485. The third-order valence-corrected chi connectivity index (χ3v) is 4.26. The molecule has 1 aromatic heterocycles. The average molecular weight is 345 g/mol. The molecule has 0 aliphatic heterocycles. The molecule has 2 atom stereocenters. The Kier molecular flexibility index (Phi) is 5.47. The van der Waals surface area contributed by atoms with E-state index in [1.54, 1.807) is 14.0 Å². The number of amides is 1. The number of aryl methyl sites for hydroxylation is 2. The minimum absolute atomic E-state index is 0.00229. The number of hydrogen-bond acceptors (Lipinski definition) is 4. The van der Waals surface area contributed by atoms with Crippen molar-refractivity contribution < 1.29 is 23.1 Å². The van der Waals surface area contributed by atoms with E-state index in [4.69, 9.17) is 0 Å². The molecule has 1 aromatic rings. The van der Waals surface area contributed by atoms with E-state index >= 15 is 0 Å². The molecule has 2 rings (SSSR count). The maximum absolute atomic E-state index is 13.2. The molecule has 24 heavy (non-hydrogen) atoms. The molecule has 0 saturated heterocycles. The van der Waals surface area contributed by atoms with E-state index in [0.29, 0.717) is 31.5 Å². The number of fused-ring (bicyclic) bond motifs is 1. The third kappa shape index (κ3) is 4.23. The molecule has 2 unspecified atom stereocenters. The van der Waals surface area contributed by atoms with Gasteiger partial charge >= 0.3 is 6.18 Å². The van der Waals surface area contributed by atoms with Crippen LogP contribution >= 0.6 is 0 Å². The lowest BCUT2D eigenvalue weighted by Gasteiger charge is -2.29. The van der Waals surface area contributed by atoms with Crippen LogP contribution in [0.4, 0.5) is 13.2 Å². The Balaban J connectivity index is 2.20. The number of hydrogen-bond donors (Lipinski definition) is 1. The fourth-order valence-corrected chi connectivity index (χ4v) is 2.98. The Labute approximate surface area is 138 Å². The molecule has 1 aliphatic rings. The Morgan fingerprint density at radius 2 is 2.08 bits per heavy atom. The molecule has 0 aromatic carbocycles. The summed E-state index contributed by atoms with van der Waals surface area (Å²) in [5, 5.41) is 9.30. The van der Waals surface area contributed by atoms with Crippen molar-refractivity contribution in [1.82, 2.24) is 14.9 Å². The van der Waals surface area contributed by atoms with E-state index < -0.39 is 23.9 Å². The largest absolute Gasteiger partial charge is 0.433 e. The molecule has 0 radical (unpaired) electrons. The molecular formula is C16H22F3N3O2. The van der Waals surface area contributed by atoms with Crippen molar-refractivity contribution in [1.29, 1.82) is 0 Å². The average Bonchev–Trinajstić information content (AvgIpc) is 2.49. The number of carbonyl (C=O) groups excluding carboxylic acids is 1. The molecule has 5 nitrogen and oxygen atoms in total. The van der Waals surface area contributed by atoms with Crippen molar-refractivity contribution in [2.24, 2.45) is 5.92 Å². The summed E-state index contributed by atoms with van der Waals surface area (Å²) in [6.07, 6.45) is -3.84. The number of aliphatic hydroxyl groups is 1. The Morgan fingerprint density at radius 3 is 2.67 bits per heavy atom. The molecule has 134 valence electrons. The molecular weight excluding hydrogens is 323 g/mol. The second kappa shape index (κ2) is 7.04. The normalized spacial score (nSPS) is 18.9. The van der Waals surface area contributed by atoms with Crippen LogP contribution in [0.2, 0.25) is 0 Å². The van der Waals surface area contributed by atoms with E-state index in [0.717, 1.165) is 0 Å². The van der Waals surface area contributed by atoms with Crippen LogP contribution in [0.3, 0.4) is 0 Å². The van der Waals surface area contributed by atoms with E-state index in [1.807, 2.05) is 0 Å². The first-order valence-electron chi connectivity index (χ1n) is 7.96. The first-order valence-corrected chi connectivity index (χ1v) is 7.96. The van der Waals surface area contributed by atoms with Gasteiger partial charge in [-0.25, -0.2) is 9.97 Å². The van der Waals surface area contributed by atoms with Gasteiger partial charge in [-0.3, -0.25) is 4.79 Å². The number of alkyl halides is 3. The summed E-state index contributed by atoms with van der Waals surface area (Å²) in [6.45, 7) is 3.44. The number of nitrogens with zero attached hydrogens (tertiary/aromatic N) is 3. The summed E-state index contributed by atoms with van der Waals surface area (Å²) < 4.78 is 39.7. The minimum Gasteiger partial charge on any atom is -0.393 e. The fraction of sp³-hybridized carbons (Fsp3) is 0.688. The Morgan fingerprint density at radius 1 is 1.42 bits per heavy atom. The van der Waals surface area contributed by atoms with E-state index in [9.17, 15) is 23.1 Å². The molecule has 1 heterocycles. The standard InChI is InChI=1S/C16H22F3N3O2/c1-9(23)6-7-22(3)15(24)11-4-5-13-12(8-11)14(16(17,18)19)21-10(2)20-13/h9,11,23H,4-8H2,1-3H3. The zero-order valence-electron chi connectivity index (χ0n) is 14.0. The van der Waals surface area contributed by atoms with Crippen molar-refractivity contribution in [3.05, 3.63) is 22.8 Å². The van der Waals surface area contributed by atoms with Crippen molar-refractivity contribution in [3.63, 3.8) is 0 Å². The van der Waals surface area contributed by atoms with Gasteiger partial charge in [0.15, 0.2) is 5.69 Å². The zero-order valence-corrected chi connectivity index (χ0v) is 14.0. The van der Waals surface area contributed by atoms with Gasteiger partial charge in [-0.15, -0.1) is 0 Å². The molecule has 1 N–H and O–H groups in total. The van der Waals surface area contributed by atoms with Crippen molar-refractivity contribution in [3.8, 4) is 0 Å². The monoisotopic (exact) mass is 345 g/mol. The molecule has 1 amide bonds. The second-order valence-corrected chi connectivity index (χ2v) is 6.38. The minimum atomic E-state index is -4.55. The number of aliphatic hydroxyl groups excluding tert-OH is 1. The van der Waals surface area contributed by atoms with Gasteiger partial charge in [0.25, 0.3) is 0 Å². The van der Waals surface area contributed by atoms with Crippen LogP contribution in [0.25, 0.3) is 0 Å². The zero-order chi connectivity index (χ0) is 18.1. The Hall–Kier alpha value is -1.70. The highest BCUT2D eigenvalue weighted by molar-refractivity contribution is 5.79. The van der Waals surface area contributed by atoms with Crippen LogP contribution in [0, 0.1) is 12.8 Å². The fourth-order valence-electron chi connectivity index (χ4n) is 2.98. The van der Waals surface area contributed by atoms with Gasteiger partial charge in [0.2, 0.25) is 5.91 Å². The predicted molar refractivity (Wildman–Crippen MR) is 81.2 cm³/mol. The van der Waals surface area contributed by atoms with Crippen molar-refractivity contribution in [2.75, 3.05) is 13.6 Å². The van der Waals surface area contributed by atoms with Gasteiger partial charge in [0.05, 0.1) is 6.10 Å². The number of halogens is 3. The van der Waals surface area contributed by atoms with Gasteiger partial charge in [0, 0.05) is 30.8 Å². The van der Waals surface area contributed by atoms with Crippen molar-refractivity contribution in [2.45, 2.75) is 51.8 Å². The molecule has 0 saturated carbocycles. The Bertz CT molecular complexity index is 617. The predicted octanol–water partition coefficient (Wildman–Crippen LogP) is 2.14. The summed E-state index contributed by atoms with van der Waals surface area (Å²) in [7, 11) is 1.61. The number of rotatable bonds is 4. The van der Waals surface area contributed by atoms with Crippen LogP contribution in [0.15, 0.2) is 0 Å². The summed E-state index contributed by atoms with van der Waals surface area (Å²) in [4.78, 5) is 21.6. The molecule has 8 heteroatoms. The molecule has 1 aliphatic carbocycles. The molecule has 0 bridgehead atoms. The van der Waals surface area contributed by atoms with E-state index in [2.05, 4.69) is 9.97 Å². The highest BCUT2D eigenvalue weighted by Gasteiger charge is 2.40. The first-order chi connectivity index (χ1) is 11.1.